The molecule has 2 rings (SSSR count). The van der Waals surface area contributed by atoms with Crippen LogP contribution >= 0.6 is 11.6 Å². The third kappa shape index (κ3) is 6.12. The van der Waals surface area contributed by atoms with Crippen LogP contribution in [-0.2, 0) is 11.2 Å². The van der Waals surface area contributed by atoms with E-state index in [1.165, 1.54) is 0 Å². The molecule has 0 aromatic heterocycles. The van der Waals surface area contributed by atoms with Gasteiger partial charge in [0.25, 0.3) is 5.91 Å². The summed E-state index contributed by atoms with van der Waals surface area (Å²) in [5.41, 5.74) is 6.02. The molecule has 1 atom stereocenters. The second kappa shape index (κ2) is 9.08. The minimum atomic E-state index is -0.404. The predicted octanol–water partition coefficient (Wildman–Crippen LogP) is 3.52. The van der Waals surface area contributed by atoms with Crippen LogP contribution in [-0.4, -0.2) is 17.9 Å². The van der Waals surface area contributed by atoms with Gasteiger partial charge >= 0.3 is 0 Å². The van der Waals surface area contributed by atoms with Crippen LogP contribution in [0.3, 0.4) is 0 Å². The van der Waals surface area contributed by atoms with Crippen LogP contribution in [0.1, 0.15) is 36.2 Å². The van der Waals surface area contributed by atoms with Crippen molar-refractivity contribution in [2.75, 3.05) is 0 Å². The lowest BCUT2D eigenvalue weighted by molar-refractivity contribution is -0.121. The van der Waals surface area contributed by atoms with Gasteiger partial charge in [-0.1, -0.05) is 36.7 Å². The highest BCUT2D eigenvalue weighted by Gasteiger charge is 2.10. The van der Waals surface area contributed by atoms with Crippen molar-refractivity contribution >= 4 is 23.4 Å². The fraction of sp³-hybridized carbons (Fsp3) is 0.263. The van der Waals surface area contributed by atoms with Crippen LogP contribution in [0.5, 0.6) is 5.75 Å². The van der Waals surface area contributed by atoms with Gasteiger partial charge in [-0.25, -0.2) is 0 Å². The van der Waals surface area contributed by atoms with Gasteiger partial charge in [0.1, 0.15) is 5.75 Å². The van der Waals surface area contributed by atoms with E-state index >= 15 is 0 Å². The monoisotopic (exact) mass is 360 g/mol. The molecular formula is C19H21ClN2O3. The molecule has 6 heteroatoms. The smallest absolute Gasteiger partial charge is 0.269 e. The summed E-state index contributed by atoms with van der Waals surface area (Å²) in [5, 5.41) is 0.608. The Bertz CT molecular complexity index is 732. The van der Waals surface area contributed by atoms with Gasteiger partial charge in [-0.3, -0.25) is 20.4 Å². The predicted molar refractivity (Wildman–Crippen MR) is 97.6 cm³/mol. The van der Waals surface area contributed by atoms with Crippen molar-refractivity contribution in [3.63, 3.8) is 0 Å². The molecule has 25 heavy (non-hydrogen) atoms. The summed E-state index contributed by atoms with van der Waals surface area (Å²) in [4.78, 5) is 24.1. The Labute approximate surface area is 152 Å². The molecule has 0 bridgehead atoms. The van der Waals surface area contributed by atoms with Gasteiger partial charge in [-0.2, -0.15) is 0 Å². The minimum Gasteiger partial charge on any atom is -0.491 e. The Morgan fingerprint density at radius 3 is 2.52 bits per heavy atom. The second-order valence-electron chi connectivity index (χ2n) is 5.67. The van der Waals surface area contributed by atoms with Gasteiger partial charge < -0.3 is 4.74 Å². The number of hydrogen-bond acceptors (Lipinski definition) is 3. The Balaban J connectivity index is 1.88. The lowest BCUT2D eigenvalue weighted by Crippen LogP contribution is -2.42. The highest BCUT2D eigenvalue weighted by molar-refractivity contribution is 6.30. The van der Waals surface area contributed by atoms with Crippen LogP contribution in [0.4, 0.5) is 0 Å². The first-order valence-corrected chi connectivity index (χ1v) is 8.46. The largest absolute Gasteiger partial charge is 0.491 e. The van der Waals surface area contributed by atoms with Gasteiger partial charge in [0.2, 0.25) is 5.91 Å². The Hall–Kier alpha value is -2.53. The highest BCUT2D eigenvalue weighted by atomic mass is 35.5. The summed E-state index contributed by atoms with van der Waals surface area (Å²) in [6, 6.07) is 13.8. The molecule has 0 radical (unpaired) electrons. The van der Waals surface area contributed by atoms with Crippen LogP contribution < -0.4 is 15.6 Å². The zero-order valence-corrected chi connectivity index (χ0v) is 15.0. The molecule has 2 aromatic carbocycles. The van der Waals surface area contributed by atoms with Crippen molar-refractivity contribution in [3.8, 4) is 5.75 Å². The van der Waals surface area contributed by atoms with Gasteiger partial charge in [0.15, 0.2) is 0 Å². The van der Waals surface area contributed by atoms with Gasteiger partial charge in [0.05, 0.1) is 12.5 Å². The molecule has 0 saturated heterocycles. The number of amides is 2. The first-order valence-electron chi connectivity index (χ1n) is 8.08. The Morgan fingerprint density at radius 2 is 1.84 bits per heavy atom. The molecule has 5 nitrogen and oxygen atoms in total. The van der Waals surface area contributed by atoms with Crippen LogP contribution in [0.15, 0.2) is 48.5 Å². The standard InChI is InChI=1S/C19H21ClN2O3/c1-3-13(2)25-17-6-4-5-15(12-17)19(24)22-21-18(23)11-14-7-9-16(20)10-8-14/h4-10,12-13H,3,11H2,1-2H3,(H,21,23)(H,22,24). The van der Waals surface area contributed by atoms with Gasteiger partial charge in [-0.15, -0.1) is 0 Å². The molecule has 0 heterocycles. The van der Waals surface area contributed by atoms with E-state index in [9.17, 15) is 9.59 Å². The topological polar surface area (TPSA) is 67.4 Å². The molecule has 0 spiro atoms. The number of rotatable bonds is 6. The Kier molecular flexibility index (Phi) is 6.83. The SMILES string of the molecule is CCC(C)Oc1cccc(C(=O)NNC(=O)Cc2ccc(Cl)cc2)c1. The maximum absolute atomic E-state index is 12.2. The van der Waals surface area contributed by atoms with E-state index in [-0.39, 0.29) is 18.4 Å². The number of benzene rings is 2. The van der Waals surface area contributed by atoms with E-state index < -0.39 is 5.91 Å². The highest BCUT2D eigenvalue weighted by Crippen LogP contribution is 2.15. The molecular weight excluding hydrogens is 340 g/mol. The lowest BCUT2D eigenvalue weighted by Gasteiger charge is -2.13. The summed E-state index contributed by atoms with van der Waals surface area (Å²) < 4.78 is 5.69. The molecule has 0 aliphatic carbocycles. The molecule has 1 unspecified atom stereocenters. The molecule has 0 fully saturated rings. The van der Waals surface area contributed by atoms with Gasteiger partial charge in [0, 0.05) is 10.6 Å². The fourth-order valence-electron chi connectivity index (χ4n) is 2.06. The number of hydrazine groups is 1. The molecule has 132 valence electrons. The number of ether oxygens (including phenoxy) is 1. The van der Waals surface area contributed by atoms with Crippen molar-refractivity contribution in [3.05, 3.63) is 64.7 Å². The van der Waals surface area contributed by atoms with Gasteiger partial charge in [-0.05, 0) is 49.2 Å². The number of carbonyl (C=O) groups excluding carboxylic acids is 2. The van der Waals surface area contributed by atoms with Crippen LogP contribution in [0.2, 0.25) is 5.02 Å². The third-order valence-electron chi connectivity index (χ3n) is 3.60. The average molecular weight is 361 g/mol. The molecule has 2 N–H and O–H groups in total. The van der Waals surface area contributed by atoms with Crippen molar-refractivity contribution in [1.29, 1.82) is 0 Å². The zero-order valence-electron chi connectivity index (χ0n) is 14.2. The average Bonchev–Trinajstić information content (AvgIpc) is 2.61. The minimum absolute atomic E-state index is 0.0670. The summed E-state index contributed by atoms with van der Waals surface area (Å²) in [6.07, 6.45) is 1.09. The normalized spacial score (nSPS) is 11.5. The van der Waals surface area contributed by atoms with Crippen molar-refractivity contribution < 1.29 is 14.3 Å². The van der Waals surface area contributed by atoms with E-state index in [1.807, 2.05) is 13.8 Å². The number of carbonyl (C=O) groups is 2. The van der Waals surface area contributed by atoms with Crippen molar-refractivity contribution in [2.24, 2.45) is 0 Å². The van der Waals surface area contributed by atoms with E-state index in [4.69, 9.17) is 16.3 Å². The quantitative estimate of drug-likeness (QED) is 0.774. The summed E-state index contributed by atoms with van der Waals surface area (Å²) in [6.45, 7) is 3.99. The van der Waals surface area contributed by atoms with Crippen molar-refractivity contribution in [1.82, 2.24) is 10.9 Å². The fourth-order valence-corrected chi connectivity index (χ4v) is 2.18. The van der Waals surface area contributed by atoms with Crippen LogP contribution in [0, 0.1) is 0 Å². The Morgan fingerprint density at radius 1 is 1.12 bits per heavy atom. The van der Waals surface area contributed by atoms with E-state index in [0.29, 0.717) is 16.3 Å². The molecule has 2 amide bonds. The maximum atomic E-state index is 12.2. The first kappa shape index (κ1) is 18.8. The summed E-state index contributed by atoms with van der Waals surface area (Å²) in [5.74, 6) is -0.101. The molecule has 0 aliphatic heterocycles. The first-order chi connectivity index (χ1) is 12.0. The van der Waals surface area contributed by atoms with E-state index in [0.717, 1.165) is 12.0 Å². The summed E-state index contributed by atoms with van der Waals surface area (Å²) in [7, 11) is 0. The zero-order chi connectivity index (χ0) is 18.2. The second-order valence-corrected chi connectivity index (χ2v) is 6.11. The number of nitrogens with one attached hydrogen (secondary N) is 2. The molecule has 0 saturated carbocycles. The summed E-state index contributed by atoms with van der Waals surface area (Å²) >= 11 is 5.80. The molecule has 0 aliphatic rings. The van der Waals surface area contributed by atoms with E-state index in [1.54, 1.807) is 48.5 Å². The van der Waals surface area contributed by atoms with Crippen molar-refractivity contribution in [2.45, 2.75) is 32.8 Å². The molecule has 2 aromatic rings. The number of hydrogen-bond donors (Lipinski definition) is 2. The maximum Gasteiger partial charge on any atom is 0.269 e. The lowest BCUT2D eigenvalue weighted by atomic mass is 10.1. The van der Waals surface area contributed by atoms with E-state index in [2.05, 4.69) is 10.9 Å². The third-order valence-corrected chi connectivity index (χ3v) is 3.85. The van der Waals surface area contributed by atoms with Crippen LogP contribution in [0.25, 0.3) is 0 Å². The number of halogens is 1.